The molecule has 0 aliphatic carbocycles. The highest BCUT2D eigenvalue weighted by Crippen LogP contribution is 2.33. The summed E-state index contributed by atoms with van der Waals surface area (Å²) in [6.45, 7) is 2.03. The van der Waals surface area contributed by atoms with E-state index in [4.69, 9.17) is 11.6 Å². The Morgan fingerprint density at radius 2 is 1.75 bits per heavy atom. The Labute approximate surface area is 125 Å². The fourth-order valence-corrected chi connectivity index (χ4v) is 3.27. The summed E-state index contributed by atoms with van der Waals surface area (Å²) < 4.78 is 0. The van der Waals surface area contributed by atoms with Crippen LogP contribution in [0.2, 0.25) is 5.15 Å². The minimum absolute atomic E-state index is 0.503. The van der Waals surface area contributed by atoms with Gasteiger partial charge in [-0.2, -0.15) is 0 Å². The molecule has 0 saturated heterocycles. The fraction of sp³-hybridized carbons (Fsp3) is 0.143. The Morgan fingerprint density at radius 3 is 2.60 bits per heavy atom. The van der Waals surface area contributed by atoms with Crippen molar-refractivity contribution in [2.45, 2.75) is 23.4 Å². The minimum Gasteiger partial charge on any atom is -0.236 e. The lowest BCUT2D eigenvalue weighted by Crippen LogP contribution is -1.95. The normalized spacial score (nSPS) is 10.9. The summed E-state index contributed by atoms with van der Waals surface area (Å²) in [5.74, 6) is 0. The molecule has 0 atom stereocenters. The predicted molar refractivity (Wildman–Crippen MR) is 80.1 cm³/mol. The second kappa shape index (κ2) is 5.73. The second-order valence-corrected chi connectivity index (χ2v) is 5.44. The van der Waals surface area contributed by atoms with Crippen LogP contribution in [0.15, 0.2) is 47.0 Å². The van der Waals surface area contributed by atoms with Crippen molar-refractivity contribution < 1.29 is 0 Å². The Balaban J connectivity index is 2.08. The van der Waals surface area contributed by atoms with E-state index >= 15 is 0 Å². The molecule has 0 radical (unpaired) electrons. The lowest BCUT2D eigenvalue weighted by atomic mass is 10.2. The lowest BCUT2D eigenvalue weighted by molar-refractivity contribution is 0.941. The summed E-state index contributed by atoms with van der Waals surface area (Å²) >= 11 is 7.61. The zero-order valence-corrected chi connectivity index (χ0v) is 12.3. The van der Waals surface area contributed by atoms with Gasteiger partial charge in [-0.3, -0.25) is 0 Å². The standard InChI is InChI=1S/C14H11ClN4S/c1-2-9-12(15)17-8-19-13(9)20-14-10-5-3-4-6-11(10)16-7-18-14/h3-8H,2H2,1H3. The van der Waals surface area contributed by atoms with Crippen molar-refractivity contribution in [2.24, 2.45) is 0 Å². The summed E-state index contributed by atoms with van der Waals surface area (Å²) in [6, 6.07) is 7.91. The Kier molecular flexibility index (Phi) is 3.80. The van der Waals surface area contributed by atoms with Crippen LogP contribution in [0, 0.1) is 0 Å². The van der Waals surface area contributed by atoms with Gasteiger partial charge >= 0.3 is 0 Å². The number of aromatic nitrogens is 4. The zero-order chi connectivity index (χ0) is 13.9. The number of hydrogen-bond acceptors (Lipinski definition) is 5. The first-order valence-corrected chi connectivity index (χ1v) is 7.36. The molecule has 0 fully saturated rings. The molecular formula is C14H11ClN4S. The van der Waals surface area contributed by atoms with Crippen molar-refractivity contribution >= 4 is 34.3 Å². The molecule has 100 valence electrons. The maximum absolute atomic E-state index is 6.12. The van der Waals surface area contributed by atoms with Crippen molar-refractivity contribution in [3.63, 3.8) is 0 Å². The number of rotatable bonds is 3. The smallest absolute Gasteiger partial charge is 0.136 e. The largest absolute Gasteiger partial charge is 0.236 e. The lowest BCUT2D eigenvalue weighted by Gasteiger charge is -2.08. The third-order valence-electron chi connectivity index (χ3n) is 2.91. The number of fused-ring (bicyclic) bond motifs is 1. The summed E-state index contributed by atoms with van der Waals surface area (Å²) in [4.78, 5) is 17.0. The molecular weight excluding hydrogens is 292 g/mol. The molecule has 0 spiro atoms. The molecule has 4 nitrogen and oxygen atoms in total. The van der Waals surface area contributed by atoms with Gasteiger partial charge in [0.2, 0.25) is 0 Å². The van der Waals surface area contributed by atoms with E-state index in [-0.39, 0.29) is 0 Å². The van der Waals surface area contributed by atoms with Gasteiger partial charge < -0.3 is 0 Å². The van der Waals surface area contributed by atoms with E-state index < -0.39 is 0 Å². The molecule has 3 rings (SSSR count). The molecule has 3 aromatic rings. The number of halogens is 1. The minimum atomic E-state index is 0.503. The summed E-state index contributed by atoms with van der Waals surface area (Å²) in [7, 11) is 0. The van der Waals surface area contributed by atoms with E-state index in [9.17, 15) is 0 Å². The zero-order valence-electron chi connectivity index (χ0n) is 10.7. The number of benzene rings is 1. The fourth-order valence-electron chi connectivity index (χ4n) is 1.91. The first-order chi connectivity index (χ1) is 9.79. The molecule has 0 N–H and O–H groups in total. The third-order valence-corrected chi connectivity index (χ3v) is 4.30. The average molecular weight is 303 g/mol. The van der Waals surface area contributed by atoms with Gasteiger partial charge in [0.25, 0.3) is 0 Å². The summed E-state index contributed by atoms with van der Waals surface area (Å²) in [6.07, 6.45) is 3.83. The summed E-state index contributed by atoms with van der Waals surface area (Å²) in [5.41, 5.74) is 1.87. The van der Waals surface area contributed by atoms with Crippen LogP contribution in [0.25, 0.3) is 10.9 Å². The Morgan fingerprint density at radius 1 is 1.00 bits per heavy atom. The van der Waals surface area contributed by atoms with Crippen molar-refractivity contribution in [3.8, 4) is 0 Å². The molecule has 1 aromatic carbocycles. The number of para-hydroxylation sites is 1. The molecule has 20 heavy (non-hydrogen) atoms. The van der Waals surface area contributed by atoms with Crippen LogP contribution in [0.1, 0.15) is 12.5 Å². The Bertz CT molecular complexity index is 758. The van der Waals surface area contributed by atoms with E-state index in [1.807, 2.05) is 31.2 Å². The van der Waals surface area contributed by atoms with Crippen LogP contribution in [0.4, 0.5) is 0 Å². The predicted octanol–water partition coefficient (Wildman–Crippen LogP) is 3.79. The quantitative estimate of drug-likeness (QED) is 0.689. The van der Waals surface area contributed by atoms with E-state index in [0.717, 1.165) is 32.9 Å². The molecule has 2 aromatic heterocycles. The van der Waals surface area contributed by atoms with Crippen LogP contribution < -0.4 is 0 Å². The highest BCUT2D eigenvalue weighted by Gasteiger charge is 2.12. The Hall–Kier alpha value is -1.72. The van der Waals surface area contributed by atoms with E-state index in [1.54, 1.807) is 6.33 Å². The first-order valence-electron chi connectivity index (χ1n) is 6.16. The maximum Gasteiger partial charge on any atom is 0.136 e. The van der Waals surface area contributed by atoms with Crippen molar-refractivity contribution in [1.82, 2.24) is 19.9 Å². The number of nitrogens with zero attached hydrogens (tertiary/aromatic N) is 4. The van der Waals surface area contributed by atoms with E-state index in [0.29, 0.717) is 5.15 Å². The van der Waals surface area contributed by atoms with Gasteiger partial charge in [-0.1, -0.05) is 36.7 Å². The average Bonchev–Trinajstić information content (AvgIpc) is 2.48. The van der Waals surface area contributed by atoms with Crippen molar-refractivity contribution in [3.05, 3.63) is 47.6 Å². The van der Waals surface area contributed by atoms with E-state index in [2.05, 4.69) is 19.9 Å². The monoisotopic (exact) mass is 302 g/mol. The molecule has 0 unspecified atom stereocenters. The van der Waals surface area contributed by atoms with Crippen LogP contribution >= 0.6 is 23.4 Å². The van der Waals surface area contributed by atoms with Gasteiger partial charge in [0.05, 0.1) is 5.52 Å². The molecule has 0 bridgehead atoms. The first kappa shape index (κ1) is 13.3. The van der Waals surface area contributed by atoms with Gasteiger partial charge in [-0.05, 0) is 24.2 Å². The van der Waals surface area contributed by atoms with Crippen molar-refractivity contribution in [1.29, 1.82) is 0 Å². The number of hydrogen-bond donors (Lipinski definition) is 0. The molecule has 0 aliphatic rings. The van der Waals surface area contributed by atoms with Crippen molar-refractivity contribution in [2.75, 3.05) is 0 Å². The van der Waals surface area contributed by atoms with Crippen LogP contribution in [-0.2, 0) is 6.42 Å². The highest BCUT2D eigenvalue weighted by atomic mass is 35.5. The molecule has 6 heteroatoms. The van der Waals surface area contributed by atoms with Gasteiger partial charge in [0.1, 0.15) is 27.9 Å². The van der Waals surface area contributed by atoms with Crippen LogP contribution in [0.3, 0.4) is 0 Å². The molecule has 2 heterocycles. The van der Waals surface area contributed by atoms with Gasteiger partial charge in [-0.25, -0.2) is 19.9 Å². The van der Waals surface area contributed by atoms with Crippen LogP contribution in [-0.4, -0.2) is 19.9 Å². The van der Waals surface area contributed by atoms with Gasteiger partial charge in [-0.15, -0.1) is 0 Å². The molecule has 0 saturated carbocycles. The molecule has 0 amide bonds. The van der Waals surface area contributed by atoms with Gasteiger partial charge in [0.15, 0.2) is 0 Å². The highest BCUT2D eigenvalue weighted by molar-refractivity contribution is 7.99. The van der Waals surface area contributed by atoms with E-state index in [1.165, 1.54) is 18.1 Å². The topological polar surface area (TPSA) is 51.6 Å². The summed E-state index contributed by atoms with van der Waals surface area (Å²) in [5, 5.41) is 3.23. The maximum atomic E-state index is 6.12. The van der Waals surface area contributed by atoms with Crippen LogP contribution in [0.5, 0.6) is 0 Å². The SMILES string of the molecule is CCc1c(Cl)ncnc1Sc1ncnc2ccccc12. The van der Waals surface area contributed by atoms with Gasteiger partial charge in [0, 0.05) is 10.9 Å². The second-order valence-electron chi connectivity index (χ2n) is 4.10. The molecule has 0 aliphatic heterocycles. The third kappa shape index (κ3) is 2.46.